The number of aliphatic imine (C=N–C) groups is 1. The van der Waals surface area contributed by atoms with E-state index < -0.39 is 9.84 Å². The number of sulfone groups is 1. The summed E-state index contributed by atoms with van der Waals surface area (Å²) in [5.41, 5.74) is 2.15. The Morgan fingerprint density at radius 2 is 1.82 bits per heavy atom. The van der Waals surface area contributed by atoms with Gasteiger partial charge in [-0.3, -0.25) is 4.99 Å². The minimum absolute atomic E-state index is 0. The summed E-state index contributed by atoms with van der Waals surface area (Å²) in [6.45, 7) is 1.30. The number of guanidine groups is 1. The van der Waals surface area contributed by atoms with Gasteiger partial charge in [-0.05, 0) is 30.2 Å². The van der Waals surface area contributed by atoms with Crippen LogP contribution in [0, 0.1) is 0 Å². The van der Waals surface area contributed by atoms with Crippen LogP contribution in [0.15, 0.2) is 52.5 Å². The van der Waals surface area contributed by atoms with Crippen molar-refractivity contribution < 1.29 is 8.42 Å². The third-order valence-electron chi connectivity index (χ3n) is 4.02. The van der Waals surface area contributed by atoms with E-state index in [1.54, 1.807) is 25.4 Å². The van der Waals surface area contributed by atoms with Crippen LogP contribution in [0.5, 0.6) is 0 Å². The molecule has 1 heterocycles. The van der Waals surface area contributed by atoms with E-state index in [0.717, 1.165) is 23.4 Å². The van der Waals surface area contributed by atoms with E-state index in [-0.39, 0.29) is 24.0 Å². The molecule has 0 radical (unpaired) electrons. The predicted octanol–water partition coefficient (Wildman–Crippen LogP) is 2.08. The predicted molar refractivity (Wildman–Crippen MR) is 125 cm³/mol. The molecule has 0 bridgehead atoms. The highest BCUT2D eigenvalue weighted by Gasteiger charge is 2.07. The summed E-state index contributed by atoms with van der Waals surface area (Å²) in [4.78, 5) is 10.9. The average molecular weight is 517 g/mol. The van der Waals surface area contributed by atoms with E-state index in [1.165, 1.54) is 6.26 Å². The van der Waals surface area contributed by atoms with Crippen molar-refractivity contribution in [2.75, 3.05) is 38.8 Å². The molecule has 1 aromatic carbocycles. The number of hydrogen-bond donors (Lipinski definition) is 2. The molecular weight excluding hydrogens is 489 g/mol. The molecule has 28 heavy (non-hydrogen) atoms. The number of anilines is 1. The van der Waals surface area contributed by atoms with E-state index in [1.807, 2.05) is 43.3 Å². The maximum Gasteiger partial charge on any atom is 0.191 e. The number of pyridine rings is 1. The van der Waals surface area contributed by atoms with Gasteiger partial charge in [0.2, 0.25) is 0 Å². The largest absolute Gasteiger partial charge is 0.362 e. The summed E-state index contributed by atoms with van der Waals surface area (Å²) >= 11 is 0. The van der Waals surface area contributed by atoms with E-state index in [0.29, 0.717) is 23.9 Å². The normalized spacial score (nSPS) is 11.5. The number of benzene rings is 1. The second kappa shape index (κ2) is 11.2. The average Bonchev–Trinajstić information content (AvgIpc) is 2.64. The SMILES string of the molecule is CN=C(NCCc1ccc(S(C)(=O)=O)cc1)NCc1cccnc1N(C)C.I. The fraction of sp³-hybridized carbons (Fsp3) is 0.368. The maximum absolute atomic E-state index is 11.5. The zero-order valence-electron chi connectivity index (χ0n) is 16.6. The number of hydrogen-bond acceptors (Lipinski definition) is 5. The van der Waals surface area contributed by atoms with Gasteiger partial charge in [0.25, 0.3) is 0 Å². The fourth-order valence-electron chi connectivity index (χ4n) is 2.60. The summed E-state index contributed by atoms with van der Waals surface area (Å²) in [6, 6.07) is 10.9. The van der Waals surface area contributed by atoms with Crippen LogP contribution in [0.2, 0.25) is 0 Å². The standard InChI is InChI=1S/C19H27N5O2S.HI/c1-20-19(23-14-16-6-5-12-21-18(16)24(2)3)22-13-11-15-7-9-17(10-8-15)27(4,25)26;/h5-10,12H,11,13-14H2,1-4H3,(H2,20,22,23);1H. The minimum atomic E-state index is -3.15. The Hall–Kier alpha value is -1.88. The van der Waals surface area contributed by atoms with Crippen molar-refractivity contribution in [1.29, 1.82) is 0 Å². The molecule has 154 valence electrons. The lowest BCUT2D eigenvalue weighted by Gasteiger charge is -2.17. The fourth-order valence-corrected chi connectivity index (χ4v) is 3.23. The topological polar surface area (TPSA) is 86.7 Å². The Kier molecular flexibility index (Phi) is 9.66. The van der Waals surface area contributed by atoms with Gasteiger partial charge in [0.05, 0.1) is 4.90 Å². The monoisotopic (exact) mass is 517 g/mol. The molecule has 0 aliphatic rings. The number of halogens is 1. The smallest absolute Gasteiger partial charge is 0.191 e. The number of rotatable bonds is 7. The quantitative estimate of drug-likeness (QED) is 0.333. The highest BCUT2D eigenvalue weighted by molar-refractivity contribution is 14.0. The molecule has 0 saturated heterocycles. The van der Waals surface area contributed by atoms with E-state index in [4.69, 9.17) is 0 Å². The molecule has 0 unspecified atom stereocenters. The van der Waals surface area contributed by atoms with Crippen molar-refractivity contribution in [1.82, 2.24) is 15.6 Å². The number of aromatic nitrogens is 1. The first-order valence-electron chi connectivity index (χ1n) is 8.66. The molecule has 2 aromatic rings. The first-order valence-corrected chi connectivity index (χ1v) is 10.5. The van der Waals surface area contributed by atoms with Gasteiger partial charge in [-0.2, -0.15) is 0 Å². The Labute approximate surface area is 184 Å². The molecular formula is C19H28IN5O2S. The second-order valence-corrected chi connectivity index (χ2v) is 8.41. The Balaban J connectivity index is 0.00000392. The van der Waals surface area contributed by atoms with E-state index in [2.05, 4.69) is 20.6 Å². The van der Waals surface area contributed by atoms with Gasteiger partial charge in [-0.15, -0.1) is 24.0 Å². The van der Waals surface area contributed by atoms with Crippen LogP contribution in [0.4, 0.5) is 5.82 Å². The third kappa shape index (κ3) is 7.27. The number of nitrogens with one attached hydrogen (secondary N) is 2. The molecule has 0 aliphatic carbocycles. The van der Waals surface area contributed by atoms with Gasteiger partial charge in [-0.25, -0.2) is 13.4 Å². The van der Waals surface area contributed by atoms with Gasteiger partial charge >= 0.3 is 0 Å². The van der Waals surface area contributed by atoms with Crippen LogP contribution in [0.3, 0.4) is 0 Å². The first kappa shape index (κ1) is 24.2. The summed E-state index contributed by atoms with van der Waals surface area (Å²) in [5.74, 6) is 1.63. The molecule has 0 spiro atoms. The van der Waals surface area contributed by atoms with Crippen LogP contribution in [-0.2, 0) is 22.8 Å². The van der Waals surface area contributed by atoms with Crippen molar-refractivity contribution in [2.45, 2.75) is 17.9 Å². The highest BCUT2D eigenvalue weighted by Crippen LogP contribution is 2.13. The van der Waals surface area contributed by atoms with Crippen molar-refractivity contribution in [3.8, 4) is 0 Å². The van der Waals surface area contributed by atoms with Crippen LogP contribution in [0.25, 0.3) is 0 Å². The molecule has 9 heteroatoms. The first-order chi connectivity index (χ1) is 12.8. The molecule has 0 fully saturated rings. The Bertz CT molecular complexity index is 883. The van der Waals surface area contributed by atoms with Crippen LogP contribution < -0.4 is 15.5 Å². The molecule has 0 amide bonds. The lowest BCUT2D eigenvalue weighted by molar-refractivity contribution is 0.602. The second-order valence-electron chi connectivity index (χ2n) is 6.40. The molecule has 0 atom stereocenters. The Morgan fingerprint density at radius 3 is 2.39 bits per heavy atom. The van der Waals surface area contributed by atoms with Gasteiger partial charge in [-0.1, -0.05) is 18.2 Å². The summed E-state index contributed by atoms with van der Waals surface area (Å²) in [6.07, 6.45) is 3.75. The van der Waals surface area contributed by atoms with Crippen molar-refractivity contribution >= 4 is 45.6 Å². The Morgan fingerprint density at radius 1 is 1.14 bits per heavy atom. The number of nitrogens with zero attached hydrogens (tertiary/aromatic N) is 3. The highest BCUT2D eigenvalue weighted by atomic mass is 127. The van der Waals surface area contributed by atoms with Crippen LogP contribution in [-0.4, -0.2) is 53.3 Å². The molecule has 2 N–H and O–H groups in total. The van der Waals surface area contributed by atoms with E-state index >= 15 is 0 Å². The lowest BCUT2D eigenvalue weighted by Crippen LogP contribution is -2.38. The molecule has 2 rings (SSSR count). The van der Waals surface area contributed by atoms with Crippen molar-refractivity contribution in [3.05, 3.63) is 53.7 Å². The minimum Gasteiger partial charge on any atom is -0.362 e. The zero-order valence-corrected chi connectivity index (χ0v) is 19.8. The third-order valence-corrected chi connectivity index (χ3v) is 5.15. The van der Waals surface area contributed by atoms with Gasteiger partial charge < -0.3 is 15.5 Å². The summed E-state index contributed by atoms with van der Waals surface area (Å²) < 4.78 is 23.0. The maximum atomic E-state index is 11.5. The van der Waals surface area contributed by atoms with E-state index in [9.17, 15) is 8.42 Å². The van der Waals surface area contributed by atoms with Gasteiger partial charge in [0.15, 0.2) is 15.8 Å². The van der Waals surface area contributed by atoms with Gasteiger partial charge in [0.1, 0.15) is 5.82 Å². The van der Waals surface area contributed by atoms with Crippen molar-refractivity contribution in [2.24, 2.45) is 4.99 Å². The van der Waals surface area contributed by atoms with Gasteiger partial charge in [0, 0.05) is 52.2 Å². The lowest BCUT2D eigenvalue weighted by atomic mass is 10.1. The molecule has 0 aliphatic heterocycles. The molecule has 1 aromatic heterocycles. The molecule has 7 nitrogen and oxygen atoms in total. The summed E-state index contributed by atoms with van der Waals surface area (Å²) in [5, 5.41) is 6.56. The molecule has 0 saturated carbocycles. The zero-order chi connectivity index (χ0) is 19.9. The van der Waals surface area contributed by atoms with Crippen LogP contribution >= 0.6 is 24.0 Å². The van der Waals surface area contributed by atoms with Crippen LogP contribution in [0.1, 0.15) is 11.1 Å². The summed E-state index contributed by atoms with van der Waals surface area (Å²) in [7, 11) is 2.51. The van der Waals surface area contributed by atoms with Crippen molar-refractivity contribution in [3.63, 3.8) is 0 Å².